The zero-order valence-corrected chi connectivity index (χ0v) is 12.2. The average molecular weight is 289 g/mol. The molecule has 0 aliphatic heterocycles. The van der Waals surface area contributed by atoms with Gasteiger partial charge in [0, 0.05) is 0 Å². The summed E-state index contributed by atoms with van der Waals surface area (Å²) in [5.41, 5.74) is 0.678. The predicted octanol–water partition coefficient (Wildman–Crippen LogP) is 2.25. The van der Waals surface area contributed by atoms with Crippen LogP contribution in [0.15, 0.2) is 30.3 Å². The molecule has 0 radical (unpaired) electrons. The summed E-state index contributed by atoms with van der Waals surface area (Å²) in [7, 11) is 0. The lowest BCUT2D eigenvalue weighted by atomic mass is 10.1. The smallest absolute Gasteiger partial charge is 0.358 e. The third-order valence-electron chi connectivity index (χ3n) is 2.96. The minimum Gasteiger partial charge on any atom is -0.492 e. The number of para-hydroxylation sites is 1. The summed E-state index contributed by atoms with van der Waals surface area (Å²) in [4.78, 5) is 11.2. The Bertz CT molecular complexity index is 593. The highest BCUT2D eigenvalue weighted by Gasteiger charge is 2.19. The number of nitrogens with zero attached hydrogens (tertiary/aromatic N) is 3. The van der Waals surface area contributed by atoms with Crippen molar-refractivity contribution in [1.82, 2.24) is 15.0 Å². The number of aromatic carboxylic acids is 1. The fourth-order valence-corrected chi connectivity index (χ4v) is 2.03. The van der Waals surface area contributed by atoms with Gasteiger partial charge >= 0.3 is 5.97 Å². The number of aromatic nitrogens is 3. The Labute approximate surface area is 123 Å². The van der Waals surface area contributed by atoms with Crippen LogP contribution in [0.3, 0.4) is 0 Å². The Balaban J connectivity index is 2.04. The van der Waals surface area contributed by atoms with E-state index >= 15 is 0 Å². The maximum Gasteiger partial charge on any atom is 0.358 e. The van der Waals surface area contributed by atoms with Gasteiger partial charge in [-0.15, -0.1) is 5.10 Å². The molecule has 0 fully saturated rings. The van der Waals surface area contributed by atoms with Crippen LogP contribution in [0.1, 0.15) is 30.0 Å². The monoisotopic (exact) mass is 289 g/mol. The van der Waals surface area contributed by atoms with Crippen LogP contribution in [0.4, 0.5) is 0 Å². The van der Waals surface area contributed by atoms with Crippen molar-refractivity contribution in [3.8, 4) is 5.75 Å². The molecular weight excluding hydrogens is 270 g/mol. The highest BCUT2D eigenvalue weighted by atomic mass is 16.5. The van der Waals surface area contributed by atoms with Gasteiger partial charge in [-0.3, -0.25) is 0 Å². The molecule has 21 heavy (non-hydrogen) atoms. The van der Waals surface area contributed by atoms with Gasteiger partial charge in [0.25, 0.3) is 0 Å². The molecule has 2 rings (SSSR count). The first kappa shape index (κ1) is 15.0. The number of hydrogen-bond donors (Lipinski definition) is 1. The van der Waals surface area contributed by atoms with Crippen LogP contribution >= 0.6 is 0 Å². The molecule has 6 nitrogen and oxygen atoms in total. The molecule has 112 valence electrons. The average Bonchev–Trinajstić information content (AvgIpc) is 2.82. The minimum absolute atomic E-state index is 0.0309. The van der Waals surface area contributed by atoms with Crippen molar-refractivity contribution in [2.75, 3.05) is 6.61 Å². The number of rotatable bonds is 7. The van der Waals surface area contributed by atoms with Crippen LogP contribution in [0.2, 0.25) is 0 Å². The number of carboxylic acid groups (broad SMARTS) is 1. The Morgan fingerprint density at radius 3 is 2.67 bits per heavy atom. The van der Waals surface area contributed by atoms with Gasteiger partial charge in [0.05, 0.1) is 12.2 Å². The fraction of sp³-hybridized carbons (Fsp3) is 0.400. The van der Waals surface area contributed by atoms with E-state index in [0.717, 1.165) is 5.75 Å². The molecule has 1 heterocycles. The van der Waals surface area contributed by atoms with Crippen LogP contribution in [0, 0.1) is 5.92 Å². The molecule has 0 bridgehead atoms. The van der Waals surface area contributed by atoms with Crippen LogP contribution in [-0.4, -0.2) is 32.7 Å². The summed E-state index contributed by atoms with van der Waals surface area (Å²) in [5.74, 6) is 0.0674. The molecular formula is C15H19N3O3. The van der Waals surface area contributed by atoms with E-state index in [1.807, 2.05) is 44.2 Å². The molecule has 0 spiro atoms. The molecule has 0 aliphatic carbocycles. The Morgan fingerprint density at radius 2 is 2.05 bits per heavy atom. The topological polar surface area (TPSA) is 77.2 Å². The van der Waals surface area contributed by atoms with E-state index in [1.165, 1.54) is 0 Å². The van der Waals surface area contributed by atoms with Gasteiger partial charge in [0.1, 0.15) is 12.4 Å². The fourth-order valence-electron chi connectivity index (χ4n) is 2.03. The molecule has 0 aliphatic rings. The molecule has 0 atom stereocenters. The highest BCUT2D eigenvalue weighted by Crippen LogP contribution is 2.13. The SMILES string of the molecule is CC(C)Cc1c(C(=O)O)nnn1CCOc1ccccc1. The number of carboxylic acids is 1. The first-order valence-corrected chi connectivity index (χ1v) is 6.91. The van der Waals surface area contributed by atoms with E-state index in [4.69, 9.17) is 9.84 Å². The van der Waals surface area contributed by atoms with Gasteiger partial charge < -0.3 is 9.84 Å². The van der Waals surface area contributed by atoms with E-state index in [2.05, 4.69) is 10.3 Å². The number of ether oxygens (including phenoxy) is 1. The molecule has 1 N–H and O–H groups in total. The van der Waals surface area contributed by atoms with Crippen molar-refractivity contribution in [2.24, 2.45) is 5.92 Å². The van der Waals surface area contributed by atoms with Crippen molar-refractivity contribution in [1.29, 1.82) is 0 Å². The summed E-state index contributed by atoms with van der Waals surface area (Å²) < 4.78 is 7.22. The number of carbonyl (C=O) groups is 1. The van der Waals surface area contributed by atoms with Gasteiger partial charge in [-0.2, -0.15) is 0 Å². The lowest BCUT2D eigenvalue weighted by Gasteiger charge is -2.10. The van der Waals surface area contributed by atoms with Crippen molar-refractivity contribution < 1.29 is 14.6 Å². The van der Waals surface area contributed by atoms with Crippen molar-refractivity contribution in [3.05, 3.63) is 41.7 Å². The molecule has 0 saturated heterocycles. The minimum atomic E-state index is -1.04. The van der Waals surface area contributed by atoms with Crippen molar-refractivity contribution >= 4 is 5.97 Å². The third-order valence-corrected chi connectivity index (χ3v) is 2.96. The molecule has 1 aromatic heterocycles. The molecule has 0 saturated carbocycles. The van der Waals surface area contributed by atoms with Crippen LogP contribution in [-0.2, 0) is 13.0 Å². The second kappa shape index (κ2) is 6.88. The summed E-state index contributed by atoms with van der Waals surface area (Å²) in [6.07, 6.45) is 0.625. The van der Waals surface area contributed by atoms with Gasteiger partial charge in [0.2, 0.25) is 0 Å². The molecule has 0 amide bonds. The quantitative estimate of drug-likeness (QED) is 0.846. The van der Waals surface area contributed by atoms with Crippen LogP contribution in [0.25, 0.3) is 0 Å². The molecule has 1 aromatic carbocycles. The second-order valence-electron chi connectivity index (χ2n) is 5.17. The Kier molecular flexibility index (Phi) is 4.92. The largest absolute Gasteiger partial charge is 0.492 e. The van der Waals surface area contributed by atoms with E-state index in [9.17, 15) is 4.79 Å². The predicted molar refractivity (Wildman–Crippen MR) is 77.5 cm³/mol. The van der Waals surface area contributed by atoms with Crippen molar-refractivity contribution in [3.63, 3.8) is 0 Å². The van der Waals surface area contributed by atoms with Crippen molar-refractivity contribution in [2.45, 2.75) is 26.8 Å². The first-order chi connectivity index (χ1) is 10.1. The van der Waals surface area contributed by atoms with Gasteiger partial charge in [-0.1, -0.05) is 37.3 Å². The van der Waals surface area contributed by atoms with E-state index in [1.54, 1.807) is 4.68 Å². The van der Waals surface area contributed by atoms with Gasteiger partial charge in [-0.05, 0) is 24.5 Å². The summed E-state index contributed by atoms with van der Waals surface area (Å²) in [5, 5.41) is 16.8. The lowest BCUT2D eigenvalue weighted by molar-refractivity contribution is 0.0689. The summed E-state index contributed by atoms with van der Waals surface area (Å²) in [6, 6.07) is 9.47. The van der Waals surface area contributed by atoms with Gasteiger partial charge in [-0.25, -0.2) is 9.48 Å². The van der Waals surface area contributed by atoms with Crippen LogP contribution < -0.4 is 4.74 Å². The summed E-state index contributed by atoms with van der Waals surface area (Å²) in [6.45, 7) is 4.95. The first-order valence-electron chi connectivity index (χ1n) is 6.91. The molecule has 0 unspecified atom stereocenters. The zero-order valence-electron chi connectivity index (χ0n) is 12.2. The maximum atomic E-state index is 11.2. The van der Waals surface area contributed by atoms with Crippen LogP contribution in [0.5, 0.6) is 5.75 Å². The Hall–Kier alpha value is -2.37. The van der Waals surface area contributed by atoms with E-state index in [0.29, 0.717) is 31.2 Å². The molecule has 2 aromatic rings. The van der Waals surface area contributed by atoms with Gasteiger partial charge in [0.15, 0.2) is 5.69 Å². The normalized spacial score (nSPS) is 10.8. The second-order valence-corrected chi connectivity index (χ2v) is 5.17. The lowest BCUT2D eigenvalue weighted by Crippen LogP contribution is -2.15. The Morgan fingerprint density at radius 1 is 1.33 bits per heavy atom. The zero-order chi connectivity index (χ0) is 15.2. The standard InChI is InChI=1S/C15H19N3O3/c1-11(2)10-13-14(15(19)20)16-17-18(13)8-9-21-12-6-4-3-5-7-12/h3-7,11H,8-10H2,1-2H3,(H,19,20). The number of benzene rings is 1. The maximum absolute atomic E-state index is 11.2. The molecule has 6 heteroatoms. The summed E-state index contributed by atoms with van der Waals surface area (Å²) >= 11 is 0. The van der Waals surface area contributed by atoms with E-state index in [-0.39, 0.29) is 5.69 Å². The highest BCUT2D eigenvalue weighted by molar-refractivity contribution is 5.86. The number of hydrogen-bond acceptors (Lipinski definition) is 4. The van der Waals surface area contributed by atoms with E-state index < -0.39 is 5.97 Å². The third kappa shape index (κ3) is 4.05.